The van der Waals surface area contributed by atoms with E-state index in [1.807, 2.05) is 0 Å². The standard InChI is InChI=1S/C8H10Cl3N5OS2/c1-3-2-4(15-16-7(18)19)13-6(12-3)14-5(17)8(9,10)11/h2,5,17H,1H3,(H2,16,18,19)(H2,12,13,14,15)/p-1/t5-/m0/s1. The molecule has 0 aliphatic carbocycles. The normalized spacial score (nSPS) is 12.7. The molecule has 0 aliphatic heterocycles. The highest BCUT2D eigenvalue weighted by molar-refractivity contribution is 8.00. The number of hydrogen-bond donors (Lipinski definition) is 4. The molecule has 0 saturated heterocycles. The van der Waals surface area contributed by atoms with Crippen molar-refractivity contribution in [1.82, 2.24) is 15.4 Å². The van der Waals surface area contributed by atoms with E-state index >= 15 is 0 Å². The molecule has 0 aromatic carbocycles. The fraction of sp³-hybridized carbons (Fsp3) is 0.375. The zero-order chi connectivity index (χ0) is 14.6. The van der Waals surface area contributed by atoms with Gasteiger partial charge in [-0.3, -0.25) is 5.43 Å². The first-order valence-corrected chi connectivity index (χ1v) is 6.73. The van der Waals surface area contributed by atoms with Gasteiger partial charge in [0.2, 0.25) is 9.74 Å². The highest BCUT2D eigenvalue weighted by Crippen LogP contribution is 2.30. The predicted molar refractivity (Wildman–Crippen MR) is 83.4 cm³/mol. The lowest BCUT2D eigenvalue weighted by atomic mass is 10.4. The molecule has 0 bridgehead atoms. The van der Waals surface area contributed by atoms with Crippen molar-refractivity contribution in [3.05, 3.63) is 11.8 Å². The Hall–Kier alpha value is -0.380. The van der Waals surface area contributed by atoms with E-state index in [1.54, 1.807) is 13.0 Å². The number of thiocarbonyl (C=S) groups is 1. The number of rotatable bonds is 4. The second-order valence-corrected chi connectivity index (χ2v) is 6.79. The van der Waals surface area contributed by atoms with Crippen molar-refractivity contribution in [2.24, 2.45) is 0 Å². The Kier molecular flexibility index (Phi) is 6.03. The zero-order valence-corrected chi connectivity index (χ0v) is 13.3. The van der Waals surface area contributed by atoms with Gasteiger partial charge in [0.05, 0.1) is 0 Å². The molecule has 0 unspecified atom stereocenters. The van der Waals surface area contributed by atoms with Crippen LogP contribution in [0.15, 0.2) is 6.07 Å². The van der Waals surface area contributed by atoms with E-state index in [1.165, 1.54) is 0 Å². The van der Waals surface area contributed by atoms with Gasteiger partial charge in [-0.2, -0.15) is 4.98 Å². The maximum Gasteiger partial charge on any atom is 0.234 e. The maximum absolute atomic E-state index is 9.58. The molecule has 0 aliphatic rings. The first kappa shape index (κ1) is 16.7. The highest BCUT2D eigenvalue weighted by Gasteiger charge is 2.31. The predicted octanol–water partition coefficient (Wildman–Crippen LogP) is 1.63. The van der Waals surface area contributed by atoms with E-state index < -0.39 is 10.0 Å². The van der Waals surface area contributed by atoms with Gasteiger partial charge in [-0.15, -0.1) is 0 Å². The van der Waals surface area contributed by atoms with Crippen LogP contribution in [-0.2, 0) is 12.6 Å². The molecule has 1 aromatic rings. The monoisotopic (exact) mass is 360 g/mol. The second kappa shape index (κ2) is 6.87. The molecular weight excluding hydrogens is 353 g/mol. The van der Waals surface area contributed by atoms with Crippen LogP contribution in [0.1, 0.15) is 5.69 Å². The van der Waals surface area contributed by atoms with Crippen molar-refractivity contribution in [2.75, 3.05) is 10.7 Å². The molecule has 0 radical (unpaired) electrons. The third-order valence-electron chi connectivity index (χ3n) is 1.72. The van der Waals surface area contributed by atoms with Crippen LogP contribution < -0.4 is 16.2 Å². The summed E-state index contributed by atoms with van der Waals surface area (Å²) in [5.41, 5.74) is 5.83. The molecule has 0 amide bonds. The lowest BCUT2D eigenvalue weighted by Gasteiger charge is -2.20. The number of hydrogen-bond acceptors (Lipinski definition) is 7. The van der Waals surface area contributed by atoms with Crippen LogP contribution in [0.2, 0.25) is 0 Å². The van der Waals surface area contributed by atoms with E-state index in [0.29, 0.717) is 11.5 Å². The summed E-state index contributed by atoms with van der Waals surface area (Å²) in [5, 5.41) is 12.0. The second-order valence-electron chi connectivity index (χ2n) is 3.34. The van der Waals surface area contributed by atoms with Gasteiger partial charge in [0.25, 0.3) is 0 Å². The summed E-state index contributed by atoms with van der Waals surface area (Å²) in [6, 6.07) is 1.63. The van der Waals surface area contributed by atoms with Crippen LogP contribution >= 0.6 is 47.0 Å². The summed E-state index contributed by atoms with van der Waals surface area (Å²) in [6.07, 6.45) is -1.46. The molecule has 106 valence electrons. The topological polar surface area (TPSA) is 82.1 Å². The summed E-state index contributed by atoms with van der Waals surface area (Å²) in [7, 11) is 0. The van der Waals surface area contributed by atoms with Crippen molar-refractivity contribution in [3.8, 4) is 0 Å². The lowest BCUT2D eigenvalue weighted by Crippen LogP contribution is -2.34. The Balaban J connectivity index is 2.82. The molecule has 1 heterocycles. The Morgan fingerprint density at radius 1 is 1.47 bits per heavy atom. The van der Waals surface area contributed by atoms with E-state index in [9.17, 15) is 5.11 Å². The SMILES string of the molecule is Cc1cc(NNC(=S)[S-])nc(N[C@@H](O)C(Cl)(Cl)Cl)n1. The van der Waals surface area contributed by atoms with Crippen molar-refractivity contribution in [3.63, 3.8) is 0 Å². The van der Waals surface area contributed by atoms with E-state index in [4.69, 9.17) is 34.8 Å². The number of nitrogens with zero attached hydrogens (tertiary/aromatic N) is 2. The number of nitrogens with one attached hydrogen (secondary N) is 3. The van der Waals surface area contributed by atoms with Crippen molar-refractivity contribution >= 4 is 75.7 Å². The quantitative estimate of drug-likeness (QED) is 0.212. The van der Waals surface area contributed by atoms with Gasteiger partial charge in [0, 0.05) is 11.8 Å². The van der Waals surface area contributed by atoms with Gasteiger partial charge < -0.3 is 40.7 Å². The molecule has 6 nitrogen and oxygen atoms in total. The zero-order valence-electron chi connectivity index (χ0n) is 9.45. The van der Waals surface area contributed by atoms with Crippen LogP contribution in [0.25, 0.3) is 0 Å². The van der Waals surface area contributed by atoms with Crippen LogP contribution in [0.3, 0.4) is 0 Å². The lowest BCUT2D eigenvalue weighted by molar-refractivity contribution is 0.207. The van der Waals surface area contributed by atoms with Crippen LogP contribution in [0, 0.1) is 6.92 Å². The third-order valence-corrected chi connectivity index (χ3v) is 2.55. The first-order chi connectivity index (χ1) is 8.68. The fourth-order valence-electron chi connectivity index (χ4n) is 1.02. The molecule has 0 spiro atoms. The number of aromatic nitrogens is 2. The molecular formula is C8H9Cl3N5OS2-. The number of alkyl halides is 3. The van der Waals surface area contributed by atoms with E-state index in [-0.39, 0.29) is 10.3 Å². The van der Waals surface area contributed by atoms with Gasteiger partial charge in [0.15, 0.2) is 6.23 Å². The number of aliphatic hydroxyl groups is 1. The molecule has 11 heteroatoms. The van der Waals surface area contributed by atoms with Gasteiger partial charge in [-0.05, 0) is 11.2 Å². The molecule has 19 heavy (non-hydrogen) atoms. The molecule has 1 aromatic heterocycles. The highest BCUT2D eigenvalue weighted by atomic mass is 35.6. The van der Waals surface area contributed by atoms with Gasteiger partial charge in [-0.25, -0.2) is 4.98 Å². The Morgan fingerprint density at radius 3 is 2.63 bits per heavy atom. The largest absolute Gasteiger partial charge is 0.410 e. The van der Waals surface area contributed by atoms with Crippen LogP contribution in [0.4, 0.5) is 11.8 Å². The number of aliphatic hydroxyl groups excluding tert-OH is 1. The van der Waals surface area contributed by atoms with Gasteiger partial charge in [0.1, 0.15) is 5.82 Å². The van der Waals surface area contributed by atoms with Gasteiger partial charge >= 0.3 is 0 Å². The summed E-state index contributed by atoms with van der Waals surface area (Å²) in [5.74, 6) is 0.470. The van der Waals surface area contributed by atoms with Crippen molar-refractivity contribution in [2.45, 2.75) is 16.9 Å². The van der Waals surface area contributed by atoms with Gasteiger partial charge in [-0.1, -0.05) is 34.8 Å². The molecule has 4 N–H and O–H groups in total. The summed E-state index contributed by atoms with van der Waals surface area (Å²) in [4.78, 5) is 8.05. The number of anilines is 2. The number of hydrazine groups is 1. The minimum Gasteiger partial charge on any atom is -0.410 e. The summed E-state index contributed by atoms with van der Waals surface area (Å²) in [6.45, 7) is 1.73. The van der Waals surface area contributed by atoms with Crippen molar-refractivity contribution in [1.29, 1.82) is 0 Å². The average molecular weight is 362 g/mol. The molecule has 1 atom stereocenters. The van der Waals surface area contributed by atoms with Crippen LogP contribution in [0.5, 0.6) is 0 Å². The number of halogens is 3. The fourth-order valence-corrected chi connectivity index (χ4v) is 1.28. The molecule has 0 saturated carbocycles. The first-order valence-electron chi connectivity index (χ1n) is 4.78. The maximum atomic E-state index is 9.58. The van der Waals surface area contributed by atoms with E-state index in [0.717, 1.165) is 0 Å². The Labute approximate surface area is 135 Å². The van der Waals surface area contributed by atoms with Crippen LogP contribution in [-0.4, -0.2) is 29.4 Å². The average Bonchev–Trinajstić information content (AvgIpc) is 2.24. The number of aryl methyl sites for hydroxylation is 1. The minimum atomic E-state index is -1.90. The van der Waals surface area contributed by atoms with E-state index in [2.05, 4.69) is 51.0 Å². The molecule has 0 fully saturated rings. The Morgan fingerprint density at radius 2 is 2.11 bits per heavy atom. The third kappa shape index (κ3) is 6.07. The summed E-state index contributed by atoms with van der Waals surface area (Å²) < 4.78 is -1.77. The smallest absolute Gasteiger partial charge is 0.234 e. The summed E-state index contributed by atoms with van der Waals surface area (Å²) >= 11 is 25.9. The molecule has 1 rings (SSSR count). The minimum absolute atomic E-state index is 0.0819. The van der Waals surface area contributed by atoms with Crippen molar-refractivity contribution < 1.29 is 5.11 Å². The Bertz CT molecular complexity index is 470.